The monoisotopic (exact) mass is 509 g/mol. The van der Waals surface area contributed by atoms with Gasteiger partial charge in [-0.15, -0.1) is 0 Å². The number of H-pyrrole nitrogens is 1. The Bertz CT molecular complexity index is 1430. The minimum Gasteiger partial charge on any atom is -0.307 e. The van der Waals surface area contributed by atoms with Gasteiger partial charge >= 0.3 is 0 Å². The highest BCUT2D eigenvalue weighted by atomic mass is 16.2. The second-order valence-electron chi connectivity index (χ2n) is 9.48. The van der Waals surface area contributed by atoms with E-state index >= 15 is 0 Å². The Morgan fingerprint density at radius 1 is 1.29 bits per heavy atom. The third-order valence-electron chi connectivity index (χ3n) is 6.67. The number of piperidine rings is 1. The number of fused-ring (bicyclic) bond motifs is 1. The van der Waals surface area contributed by atoms with Gasteiger partial charge in [0.05, 0.1) is 11.9 Å². The number of nitrogens with one attached hydrogen (secondary N) is 3. The Labute approximate surface area is 221 Å². The summed E-state index contributed by atoms with van der Waals surface area (Å²) in [6.07, 6.45) is 17.4. The number of hydrogen-bond acceptors (Lipinski definition) is 7. The largest absolute Gasteiger partial charge is 0.307 e. The van der Waals surface area contributed by atoms with Gasteiger partial charge < -0.3 is 5.32 Å². The number of hydrazine groups is 1. The molecule has 10 nitrogen and oxygen atoms in total. The average molecular weight is 510 g/mol. The third-order valence-corrected chi connectivity index (χ3v) is 6.67. The summed E-state index contributed by atoms with van der Waals surface area (Å²) in [7, 11) is 0. The van der Waals surface area contributed by atoms with Crippen LogP contribution in [0.1, 0.15) is 40.9 Å². The first-order valence-electron chi connectivity index (χ1n) is 12.7. The van der Waals surface area contributed by atoms with Gasteiger partial charge in [-0.2, -0.15) is 10.2 Å². The molecular formula is C28H31N9O. The van der Waals surface area contributed by atoms with Gasteiger partial charge in [0.15, 0.2) is 5.65 Å². The maximum atomic E-state index is 13.4. The van der Waals surface area contributed by atoms with Crippen LogP contribution in [0, 0.1) is 25.3 Å². The zero-order valence-electron chi connectivity index (χ0n) is 21.3. The number of benzene rings is 1. The number of amides is 1. The minimum atomic E-state index is -0.314. The first-order valence-corrected chi connectivity index (χ1v) is 12.7. The highest BCUT2D eigenvalue weighted by Gasteiger charge is 2.22. The summed E-state index contributed by atoms with van der Waals surface area (Å²) in [5.41, 5.74) is 6.86. The fourth-order valence-electron chi connectivity index (χ4n) is 4.77. The highest BCUT2D eigenvalue weighted by Crippen LogP contribution is 2.24. The van der Waals surface area contributed by atoms with E-state index in [1.54, 1.807) is 34.2 Å². The van der Waals surface area contributed by atoms with Gasteiger partial charge in [0.2, 0.25) is 0 Å². The fraction of sp³-hybridized carbons (Fsp3) is 0.286. The number of anilines is 1. The van der Waals surface area contributed by atoms with Crippen LogP contribution in [0.5, 0.6) is 0 Å². The van der Waals surface area contributed by atoms with Crippen molar-refractivity contribution in [2.75, 3.05) is 18.1 Å². The van der Waals surface area contributed by atoms with E-state index in [0.717, 1.165) is 55.8 Å². The van der Waals surface area contributed by atoms with Crippen molar-refractivity contribution in [1.29, 1.82) is 0 Å². The molecule has 194 valence electrons. The van der Waals surface area contributed by atoms with Crippen LogP contribution < -0.4 is 15.8 Å². The van der Waals surface area contributed by atoms with E-state index in [-0.39, 0.29) is 5.91 Å². The van der Waals surface area contributed by atoms with Gasteiger partial charge in [0.25, 0.3) is 5.91 Å². The molecule has 1 fully saturated rings. The smallest absolute Gasteiger partial charge is 0.262 e. The predicted molar refractivity (Wildman–Crippen MR) is 145 cm³/mol. The van der Waals surface area contributed by atoms with E-state index in [1.165, 1.54) is 6.20 Å². The minimum absolute atomic E-state index is 0.314. The van der Waals surface area contributed by atoms with Crippen molar-refractivity contribution in [3.05, 3.63) is 89.9 Å². The van der Waals surface area contributed by atoms with E-state index in [1.807, 2.05) is 43.3 Å². The molecule has 0 radical (unpaired) electrons. The van der Waals surface area contributed by atoms with Gasteiger partial charge in [-0.05, 0) is 69.0 Å². The van der Waals surface area contributed by atoms with E-state index < -0.39 is 0 Å². The number of rotatable bonds is 9. The molecular weight excluding hydrogens is 478 g/mol. The van der Waals surface area contributed by atoms with Gasteiger partial charge in [0, 0.05) is 43.4 Å². The van der Waals surface area contributed by atoms with Crippen LogP contribution in [-0.4, -0.2) is 48.7 Å². The molecule has 0 saturated carbocycles. The lowest BCUT2D eigenvalue weighted by Gasteiger charge is -2.32. The van der Waals surface area contributed by atoms with Gasteiger partial charge in [0.1, 0.15) is 11.4 Å². The second kappa shape index (κ2) is 11.6. The Morgan fingerprint density at radius 2 is 2.16 bits per heavy atom. The molecule has 38 heavy (non-hydrogen) atoms. The molecule has 1 aromatic carbocycles. The summed E-state index contributed by atoms with van der Waals surface area (Å²) in [6.45, 7) is 4.89. The summed E-state index contributed by atoms with van der Waals surface area (Å²) in [5.74, 6) is 0.672. The number of carbonyl (C=O) groups is 1. The molecule has 1 aliphatic heterocycles. The molecule has 1 amide bonds. The molecule has 0 aliphatic carbocycles. The SMILES string of the molecule is C#CNN(/C(=C\CC1CCCN(Cc2ccn[nH]2)C1)NC(=O)c1cnn2cccnc12)c1ccc(C)cc1. The zero-order valence-corrected chi connectivity index (χ0v) is 21.3. The van der Waals surface area contributed by atoms with Crippen LogP contribution >= 0.6 is 0 Å². The van der Waals surface area contributed by atoms with Gasteiger partial charge in [-0.1, -0.05) is 24.1 Å². The number of allylic oxidation sites excluding steroid dienone is 1. The molecule has 3 aromatic heterocycles. The fourth-order valence-corrected chi connectivity index (χ4v) is 4.77. The Morgan fingerprint density at radius 3 is 2.95 bits per heavy atom. The molecule has 0 bridgehead atoms. The molecule has 5 rings (SSSR count). The van der Waals surface area contributed by atoms with Crippen LogP contribution in [0.4, 0.5) is 5.69 Å². The summed E-state index contributed by atoms with van der Waals surface area (Å²) in [4.78, 5) is 20.2. The Balaban J connectivity index is 1.39. The second-order valence-corrected chi connectivity index (χ2v) is 9.48. The van der Waals surface area contributed by atoms with Crippen LogP contribution in [0.15, 0.2) is 73.1 Å². The first-order chi connectivity index (χ1) is 18.6. The van der Waals surface area contributed by atoms with Gasteiger partial charge in [-0.25, -0.2) is 14.5 Å². The molecule has 1 saturated heterocycles. The Hall–Kier alpha value is -4.62. The van der Waals surface area contributed by atoms with Crippen molar-refractivity contribution in [3.8, 4) is 12.5 Å². The van der Waals surface area contributed by atoms with Crippen LogP contribution in [0.25, 0.3) is 5.65 Å². The van der Waals surface area contributed by atoms with Crippen LogP contribution in [-0.2, 0) is 6.54 Å². The standard InChI is InChI=1S/C28H31N9O/c1-3-31-37(24-10-7-21(2)8-11-24)26(33-28(38)25-18-32-36-17-5-14-29-27(25)36)12-9-22-6-4-16-35(19-22)20-23-13-15-30-34-23/h1,5,7-8,10-15,17-18,22,31H,4,6,9,16,19-20H2,2H3,(H,30,34)(H,33,38)/b26-12-. The van der Waals surface area contributed by atoms with E-state index in [4.69, 9.17) is 6.42 Å². The third kappa shape index (κ3) is 5.85. The summed E-state index contributed by atoms with van der Waals surface area (Å²) >= 11 is 0. The number of carbonyl (C=O) groups excluding carboxylic acids is 1. The summed E-state index contributed by atoms with van der Waals surface area (Å²) in [6, 6.07) is 14.2. The lowest BCUT2D eigenvalue weighted by molar-refractivity contribution is 0.0965. The molecule has 1 atom stereocenters. The number of aromatic amines is 1. The number of aryl methyl sites for hydroxylation is 1. The lowest BCUT2D eigenvalue weighted by atomic mass is 9.94. The van der Waals surface area contributed by atoms with Crippen molar-refractivity contribution >= 4 is 17.2 Å². The van der Waals surface area contributed by atoms with Crippen LogP contribution in [0.2, 0.25) is 0 Å². The molecule has 0 spiro atoms. The number of aromatic nitrogens is 5. The Kier molecular flexibility index (Phi) is 7.66. The topological polar surface area (TPSA) is 106 Å². The summed E-state index contributed by atoms with van der Waals surface area (Å²) in [5, 5.41) is 16.2. The molecule has 1 aliphatic rings. The maximum absolute atomic E-state index is 13.4. The van der Waals surface area contributed by atoms with Crippen LogP contribution in [0.3, 0.4) is 0 Å². The van der Waals surface area contributed by atoms with Crippen molar-refractivity contribution < 1.29 is 4.79 Å². The number of terminal acetylenes is 1. The maximum Gasteiger partial charge on any atom is 0.262 e. The van der Waals surface area contributed by atoms with E-state index in [0.29, 0.717) is 22.9 Å². The first kappa shape index (κ1) is 25.0. The summed E-state index contributed by atoms with van der Waals surface area (Å²) < 4.78 is 1.58. The quantitative estimate of drug-likeness (QED) is 0.181. The van der Waals surface area contributed by atoms with Crippen molar-refractivity contribution in [2.45, 2.75) is 32.7 Å². The average Bonchev–Trinajstić information content (AvgIpc) is 3.61. The number of hydrogen-bond donors (Lipinski definition) is 3. The molecule has 4 heterocycles. The zero-order chi connectivity index (χ0) is 26.3. The van der Waals surface area contributed by atoms with E-state index in [9.17, 15) is 4.79 Å². The van der Waals surface area contributed by atoms with Crippen molar-refractivity contribution in [1.82, 2.24) is 40.4 Å². The number of likely N-dealkylation sites (tertiary alicyclic amines) is 1. The van der Waals surface area contributed by atoms with Crippen molar-refractivity contribution in [3.63, 3.8) is 0 Å². The number of nitrogens with zero attached hydrogens (tertiary/aromatic N) is 6. The predicted octanol–water partition coefficient (Wildman–Crippen LogP) is 3.24. The lowest BCUT2D eigenvalue weighted by Crippen LogP contribution is -2.42. The molecule has 10 heteroatoms. The molecule has 1 unspecified atom stereocenters. The normalized spacial score (nSPS) is 16.2. The molecule has 4 aromatic rings. The van der Waals surface area contributed by atoms with Crippen molar-refractivity contribution in [2.24, 2.45) is 5.92 Å². The van der Waals surface area contributed by atoms with E-state index in [2.05, 4.69) is 42.0 Å². The highest BCUT2D eigenvalue weighted by molar-refractivity contribution is 6.00. The molecule has 3 N–H and O–H groups in total. The van der Waals surface area contributed by atoms with Gasteiger partial charge in [-0.3, -0.25) is 20.2 Å².